The highest BCUT2D eigenvalue weighted by Crippen LogP contribution is 2.33. The summed E-state index contributed by atoms with van der Waals surface area (Å²) >= 11 is 6.18. The number of rotatable bonds is 8. The van der Waals surface area contributed by atoms with Gasteiger partial charge in [0, 0.05) is 57.6 Å². The zero-order valence-electron chi connectivity index (χ0n) is 17.5. The van der Waals surface area contributed by atoms with Crippen LogP contribution in [0.15, 0.2) is 23.2 Å². The van der Waals surface area contributed by atoms with E-state index in [-0.39, 0.29) is 0 Å². The Labute approximate surface area is 178 Å². The van der Waals surface area contributed by atoms with Gasteiger partial charge in [-0.3, -0.25) is 4.99 Å². The number of methoxy groups -OCH3 is 1. The molecule has 1 unspecified atom stereocenters. The Kier molecular flexibility index (Phi) is 8.70. The summed E-state index contributed by atoms with van der Waals surface area (Å²) in [6.07, 6.45) is 4.35. The summed E-state index contributed by atoms with van der Waals surface area (Å²) in [7, 11) is 3.50. The Morgan fingerprint density at radius 1 is 1.31 bits per heavy atom. The zero-order valence-corrected chi connectivity index (χ0v) is 18.2. The van der Waals surface area contributed by atoms with E-state index in [2.05, 4.69) is 20.5 Å². The lowest BCUT2D eigenvalue weighted by atomic mass is 10.1. The average molecular weight is 425 g/mol. The van der Waals surface area contributed by atoms with E-state index in [4.69, 9.17) is 25.8 Å². The van der Waals surface area contributed by atoms with Crippen LogP contribution in [0.2, 0.25) is 5.02 Å². The van der Waals surface area contributed by atoms with E-state index < -0.39 is 0 Å². The van der Waals surface area contributed by atoms with Crippen molar-refractivity contribution in [2.75, 3.05) is 58.5 Å². The van der Waals surface area contributed by atoms with Crippen LogP contribution in [0, 0.1) is 0 Å². The molecule has 7 nitrogen and oxygen atoms in total. The molecule has 0 aliphatic carbocycles. The van der Waals surface area contributed by atoms with Crippen molar-refractivity contribution in [2.24, 2.45) is 4.99 Å². The van der Waals surface area contributed by atoms with Crippen LogP contribution in [0.3, 0.4) is 0 Å². The van der Waals surface area contributed by atoms with E-state index in [1.807, 2.05) is 18.2 Å². The number of nitrogens with zero attached hydrogens (tertiary/aromatic N) is 2. The topological polar surface area (TPSA) is 67.4 Å². The number of hydrogen-bond donors (Lipinski definition) is 2. The summed E-state index contributed by atoms with van der Waals surface area (Å²) in [5, 5.41) is 7.63. The number of halogens is 1. The van der Waals surface area contributed by atoms with Gasteiger partial charge in [-0.1, -0.05) is 11.6 Å². The van der Waals surface area contributed by atoms with Crippen LogP contribution < -0.4 is 20.3 Å². The SMILES string of the molecule is CN=C(NCCCOC1CCOCC1)NC1CCN(c2cc(Cl)ccc2OC)C1. The van der Waals surface area contributed by atoms with Gasteiger partial charge in [-0.05, 0) is 43.9 Å². The maximum atomic E-state index is 6.18. The normalized spacial score (nSPS) is 20.7. The molecule has 8 heteroatoms. The van der Waals surface area contributed by atoms with Crippen molar-refractivity contribution in [1.29, 1.82) is 0 Å². The van der Waals surface area contributed by atoms with Gasteiger partial charge in [0.15, 0.2) is 5.96 Å². The maximum absolute atomic E-state index is 6.18. The molecule has 0 aromatic heterocycles. The molecule has 0 radical (unpaired) electrons. The third-order valence-corrected chi connectivity index (χ3v) is 5.60. The minimum Gasteiger partial charge on any atom is -0.495 e. The first-order chi connectivity index (χ1) is 14.2. The monoisotopic (exact) mass is 424 g/mol. The van der Waals surface area contributed by atoms with Gasteiger partial charge in [0.05, 0.1) is 18.9 Å². The first kappa shape index (κ1) is 22.0. The van der Waals surface area contributed by atoms with Gasteiger partial charge in [-0.25, -0.2) is 0 Å². The molecule has 29 heavy (non-hydrogen) atoms. The number of anilines is 1. The zero-order chi connectivity index (χ0) is 20.5. The average Bonchev–Trinajstić information content (AvgIpc) is 3.21. The van der Waals surface area contributed by atoms with Gasteiger partial charge < -0.3 is 29.7 Å². The van der Waals surface area contributed by atoms with Gasteiger partial charge in [-0.2, -0.15) is 0 Å². The molecule has 2 N–H and O–H groups in total. The van der Waals surface area contributed by atoms with Crippen molar-refractivity contribution in [3.63, 3.8) is 0 Å². The van der Waals surface area contributed by atoms with E-state index in [1.54, 1.807) is 14.2 Å². The van der Waals surface area contributed by atoms with E-state index in [0.29, 0.717) is 12.1 Å². The summed E-state index contributed by atoms with van der Waals surface area (Å²) < 4.78 is 16.8. The first-order valence-corrected chi connectivity index (χ1v) is 10.8. The second-order valence-corrected chi connectivity index (χ2v) is 7.86. The molecule has 2 aliphatic rings. The quantitative estimate of drug-likeness (QED) is 0.380. The van der Waals surface area contributed by atoms with Crippen LogP contribution in [0.25, 0.3) is 0 Å². The highest BCUT2D eigenvalue weighted by molar-refractivity contribution is 6.30. The fraction of sp³-hybridized carbons (Fsp3) is 0.667. The lowest BCUT2D eigenvalue weighted by molar-refractivity contribution is -0.0320. The molecule has 2 saturated heterocycles. The van der Waals surface area contributed by atoms with E-state index >= 15 is 0 Å². The molecule has 2 fully saturated rings. The van der Waals surface area contributed by atoms with Crippen molar-refractivity contribution in [3.8, 4) is 5.75 Å². The van der Waals surface area contributed by atoms with Crippen molar-refractivity contribution in [1.82, 2.24) is 10.6 Å². The van der Waals surface area contributed by atoms with Crippen molar-refractivity contribution in [3.05, 3.63) is 23.2 Å². The Balaban J connectivity index is 1.38. The molecule has 1 aromatic carbocycles. The Bertz CT molecular complexity index is 667. The van der Waals surface area contributed by atoms with E-state index in [9.17, 15) is 0 Å². The lowest BCUT2D eigenvalue weighted by Gasteiger charge is -2.23. The summed E-state index contributed by atoms with van der Waals surface area (Å²) in [5.74, 6) is 1.68. The molecular formula is C21H33ClN4O3. The summed E-state index contributed by atoms with van der Waals surface area (Å²) in [6, 6.07) is 6.06. The van der Waals surface area contributed by atoms with Crippen LogP contribution in [0.4, 0.5) is 5.69 Å². The number of hydrogen-bond acceptors (Lipinski definition) is 5. The molecule has 0 spiro atoms. The highest BCUT2D eigenvalue weighted by atomic mass is 35.5. The number of ether oxygens (including phenoxy) is 3. The summed E-state index contributed by atoms with van der Waals surface area (Å²) in [4.78, 5) is 6.66. The number of guanidine groups is 1. The maximum Gasteiger partial charge on any atom is 0.191 e. The van der Waals surface area contributed by atoms with Gasteiger partial charge in [-0.15, -0.1) is 0 Å². The first-order valence-electron chi connectivity index (χ1n) is 10.4. The van der Waals surface area contributed by atoms with Crippen LogP contribution in [0.1, 0.15) is 25.7 Å². The molecule has 0 saturated carbocycles. The fourth-order valence-electron chi connectivity index (χ4n) is 3.77. The second-order valence-electron chi connectivity index (χ2n) is 7.43. The van der Waals surface area contributed by atoms with E-state index in [1.165, 1.54) is 0 Å². The lowest BCUT2D eigenvalue weighted by Crippen LogP contribution is -2.45. The Morgan fingerprint density at radius 3 is 2.90 bits per heavy atom. The molecule has 1 atom stereocenters. The van der Waals surface area contributed by atoms with E-state index in [0.717, 1.165) is 87.6 Å². The van der Waals surface area contributed by atoms with Crippen LogP contribution in [-0.2, 0) is 9.47 Å². The number of benzene rings is 1. The van der Waals surface area contributed by atoms with Crippen LogP contribution >= 0.6 is 11.6 Å². The van der Waals surface area contributed by atoms with Crippen LogP contribution in [0.5, 0.6) is 5.75 Å². The number of aliphatic imine (C=N–C) groups is 1. The third kappa shape index (κ3) is 6.66. The minimum absolute atomic E-state index is 0.323. The molecule has 0 bridgehead atoms. The summed E-state index contributed by atoms with van der Waals surface area (Å²) in [5.41, 5.74) is 1.04. The van der Waals surface area contributed by atoms with Gasteiger partial charge in [0.25, 0.3) is 0 Å². The van der Waals surface area contributed by atoms with Gasteiger partial charge in [0.1, 0.15) is 5.75 Å². The molecule has 162 valence electrons. The minimum atomic E-state index is 0.323. The molecule has 3 rings (SSSR count). The molecule has 2 heterocycles. The van der Waals surface area contributed by atoms with Gasteiger partial charge >= 0.3 is 0 Å². The predicted molar refractivity (Wildman–Crippen MR) is 118 cm³/mol. The van der Waals surface area contributed by atoms with Gasteiger partial charge in [0.2, 0.25) is 0 Å². The van der Waals surface area contributed by atoms with Crippen molar-refractivity contribution in [2.45, 2.75) is 37.8 Å². The largest absolute Gasteiger partial charge is 0.495 e. The summed E-state index contributed by atoms with van der Waals surface area (Å²) in [6.45, 7) is 5.06. The molecule has 2 aliphatic heterocycles. The highest BCUT2D eigenvalue weighted by Gasteiger charge is 2.25. The predicted octanol–water partition coefficient (Wildman–Crippen LogP) is 2.68. The Morgan fingerprint density at radius 2 is 2.14 bits per heavy atom. The molecule has 1 aromatic rings. The van der Waals surface area contributed by atoms with Crippen molar-refractivity contribution >= 4 is 23.2 Å². The van der Waals surface area contributed by atoms with Crippen molar-refractivity contribution < 1.29 is 14.2 Å². The fourth-order valence-corrected chi connectivity index (χ4v) is 3.93. The second kappa shape index (κ2) is 11.5. The third-order valence-electron chi connectivity index (χ3n) is 5.37. The molecular weight excluding hydrogens is 392 g/mol. The standard InChI is InChI=1S/C21H33ClN4O3/c1-23-21(24-9-3-11-29-18-7-12-28-13-8-18)25-17-6-10-26(15-17)19-14-16(22)4-5-20(19)27-2/h4-5,14,17-18H,3,6-13,15H2,1-2H3,(H2,23,24,25). The Hall–Kier alpha value is -1.70. The smallest absolute Gasteiger partial charge is 0.191 e. The van der Waals surface area contributed by atoms with Crippen LogP contribution in [-0.4, -0.2) is 71.7 Å². The molecule has 0 amide bonds. The number of nitrogens with one attached hydrogen (secondary N) is 2.